The molecule has 1 aromatic carbocycles. The van der Waals surface area contributed by atoms with Crippen molar-refractivity contribution >= 4 is 36.9 Å². The van der Waals surface area contributed by atoms with Crippen molar-refractivity contribution in [2.45, 2.75) is 19.4 Å². The summed E-state index contributed by atoms with van der Waals surface area (Å²) >= 11 is 3.65. The summed E-state index contributed by atoms with van der Waals surface area (Å²) in [7, 11) is 0. The summed E-state index contributed by atoms with van der Waals surface area (Å²) in [6, 6.07) is 5.81. The molecule has 2 rings (SSSR count). The Kier molecular flexibility index (Phi) is 5.54. The van der Waals surface area contributed by atoms with E-state index >= 15 is 0 Å². The predicted octanol–water partition coefficient (Wildman–Crippen LogP) is 2.01. The van der Waals surface area contributed by atoms with Gasteiger partial charge in [-0.25, -0.2) is 0 Å². The van der Waals surface area contributed by atoms with Crippen LogP contribution in [0.5, 0.6) is 0 Å². The first-order valence-electron chi connectivity index (χ1n) is 6.01. The Bertz CT molecular complexity index is 600. The zero-order valence-electron chi connectivity index (χ0n) is 10.9. The van der Waals surface area contributed by atoms with Crippen LogP contribution in [0.4, 0.5) is 0 Å². The van der Waals surface area contributed by atoms with E-state index in [1.807, 2.05) is 30.2 Å². The fourth-order valence-electron chi connectivity index (χ4n) is 2.01. The number of halogens is 1. The van der Waals surface area contributed by atoms with Crippen molar-refractivity contribution in [3.8, 4) is 0 Å². The number of nitrogens with zero attached hydrogens (tertiary/aromatic N) is 1. The van der Waals surface area contributed by atoms with E-state index in [4.69, 9.17) is 4.74 Å². The molecule has 0 aliphatic rings. The van der Waals surface area contributed by atoms with Gasteiger partial charge in [0.1, 0.15) is 0 Å². The Morgan fingerprint density at radius 3 is 2.90 bits per heavy atom. The van der Waals surface area contributed by atoms with Crippen LogP contribution in [0.3, 0.4) is 0 Å². The number of carbonyl (C=O) groups excluding carboxylic acids is 1. The minimum absolute atomic E-state index is 0.00879. The van der Waals surface area contributed by atoms with Crippen molar-refractivity contribution in [1.82, 2.24) is 4.98 Å². The Morgan fingerprint density at radius 1 is 1.55 bits per heavy atom. The van der Waals surface area contributed by atoms with E-state index in [0.717, 1.165) is 21.3 Å². The van der Waals surface area contributed by atoms with Gasteiger partial charge in [-0.15, -0.1) is 0 Å². The Hall–Kier alpha value is -0.941. The number of aliphatic hydroxyl groups is 1. The zero-order valence-corrected chi connectivity index (χ0v) is 14.2. The van der Waals surface area contributed by atoms with Gasteiger partial charge in [0.15, 0.2) is 0 Å². The van der Waals surface area contributed by atoms with E-state index in [1.165, 1.54) is 4.44 Å². The molecule has 0 aliphatic heterocycles. The minimum atomic E-state index is -0.00879. The van der Waals surface area contributed by atoms with Gasteiger partial charge in [-0.2, -0.15) is 0 Å². The molecular weight excluding hydrogens is 389 g/mol. The quantitative estimate of drug-likeness (QED) is 0.593. The summed E-state index contributed by atoms with van der Waals surface area (Å²) < 4.78 is 7.07. The summed E-state index contributed by atoms with van der Waals surface area (Å²) in [6.45, 7) is 2.76. The third-order valence-electron chi connectivity index (χ3n) is 3.08. The molecule has 1 aromatic heterocycles. The van der Waals surface area contributed by atoms with Gasteiger partial charge in [-0.1, -0.05) is 0 Å². The van der Waals surface area contributed by atoms with Gasteiger partial charge in [-0.05, 0) is 0 Å². The molecule has 6 heteroatoms. The molecule has 1 unspecified atom stereocenters. The number of hydrogen-bond acceptors (Lipinski definition) is 4. The number of aromatic nitrogens is 1. The first-order chi connectivity index (χ1) is 9.67. The third-order valence-corrected chi connectivity index (χ3v) is 6.01. The molecule has 106 valence electrons. The Labute approximate surface area is 131 Å². The SMILES string of the molecule is Cc1nc[se]c1C(COC=O)c1ccc(CO)c(Br)c1. The van der Waals surface area contributed by atoms with Gasteiger partial charge >= 0.3 is 132 Å². The number of benzene rings is 1. The van der Waals surface area contributed by atoms with Crippen LogP contribution in [0.2, 0.25) is 0 Å². The average Bonchev–Trinajstić information content (AvgIpc) is 2.86. The molecule has 1 N–H and O–H groups in total. The van der Waals surface area contributed by atoms with Gasteiger partial charge in [0.05, 0.1) is 0 Å². The number of carbonyl (C=O) groups is 1. The number of aliphatic hydroxyl groups excluding tert-OH is 1. The molecule has 0 aliphatic carbocycles. The van der Waals surface area contributed by atoms with E-state index in [-0.39, 0.29) is 27.0 Å². The molecule has 0 fully saturated rings. The first kappa shape index (κ1) is 15.4. The van der Waals surface area contributed by atoms with Gasteiger partial charge in [0.25, 0.3) is 0 Å². The van der Waals surface area contributed by atoms with Crippen molar-refractivity contribution < 1.29 is 14.6 Å². The number of aryl methyl sites for hydroxylation is 1. The summed E-state index contributed by atoms with van der Waals surface area (Å²) in [4.78, 5) is 14.8. The van der Waals surface area contributed by atoms with Crippen molar-refractivity contribution in [3.05, 3.63) is 49.0 Å². The molecule has 20 heavy (non-hydrogen) atoms. The van der Waals surface area contributed by atoms with E-state index in [2.05, 4.69) is 20.9 Å². The van der Waals surface area contributed by atoms with Crippen LogP contribution < -0.4 is 0 Å². The van der Waals surface area contributed by atoms with Crippen molar-refractivity contribution in [3.63, 3.8) is 0 Å². The molecule has 4 nitrogen and oxygen atoms in total. The molecular formula is C14H14BrNO3Se. The molecule has 0 saturated heterocycles. The average molecular weight is 403 g/mol. The fraction of sp³-hybridized carbons (Fsp3) is 0.286. The summed E-state index contributed by atoms with van der Waals surface area (Å²) in [5, 5.41) is 11.1. The number of hydrogen-bond donors (Lipinski definition) is 1. The molecule has 0 radical (unpaired) electrons. The monoisotopic (exact) mass is 403 g/mol. The second-order valence-corrected chi connectivity index (χ2v) is 7.01. The van der Waals surface area contributed by atoms with Crippen molar-refractivity contribution in [1.29, 1.82) is 0 Å². The zero-order chi connectivity index (χ0) is 14.5. The van der Waals surface area contributed by atoms with E-state index in [0.29, 0.717) is 13.1 Å². The van der Waals surface area contributed by atoms with Crippen LogP contribution in [0, 0.1) is 6.92 Å². The Balaban J connectivity index is 2.38. The topological polar surface area (TPSA) is 59.4 Å². The van der Waals surface area contributed by atoms with E-state index in [9.17, 15) is 9.90 Å². The standard InChI is InChI=1S/C14H14BrNO3Se/c1-9-14(20-7-16-9)12(6-19-8-18)10-2-3-11(5-17)13(15)4-10/h2-4,7-8,12,17H,5-6H2,1H3. The second-order valence-electron chi connectivity index (χ2n) is 4.29. The van der Waals surface area contributed by atoms with Crippen molar-refractivity contribution in [2.75, 3.05) is 6.61 Å². The van der Waals surface area contributed by atoms with Gasteiger partial charge in [-0.3, -0.25) is 0 Å². The van der Waals surface area contributed by atoms with Crippen LogP contribution in [0.1, 0.15) is 27.2 Å². The predicted molar refractivity (Wildman–Crippen MR) is 79.8 cm³/mol. The van der Waals surface area contributed by atoms with Crippen molar-refractivity contribution in [2.24, 2.45) is 0 Å². The van der Waals surface area contributed by atoms with E-state index < -0.39 is 0 Å². The van der Waals surface area contributed by atoms with E-state index in [1.54, 1.807) is 0 Å². The molecule has 1 atom stereocenters. The molecule has 0 amide bonds. The molecule has 0 saturated carbocycles. The van der Waals surface area contributed by atoms with Gasteiger partial charge in [0.2, 0.25) is 0 Å². The third kappa shape index (κ3) is 3.38. The van der Waals surface area contributed by atoms with Crippen LogP contribution in [-0.2, 0) is 16.1 Å². The fourth-order valence-corrected chi connectivity index (χ4v) is 4.46. The Morgan fingerprint density at radius 2 is 2.35 bits per heavy atom. The molecule has 1 heterocycles. The molecule has 2 aromatic rings. The van der Waals surface area contributed by atoms with Crippen LogP contribution in [-0.4, -0.2) is 37.7 Å². The second kappa shape index (κ2) is 7.18. The first-order valence-corrected chi connectivity index (χ1v) is 8.65. The number of rotatable bonds is 6. The summed E-state index contributed by atoms with van der Waals surface area (Å²) in [5.74, 6) is 0.0201. The van der Waals surface area contributed by atoms with Gasteiger partial charge in [0, 0.05) is 0 Å². The van der Waals surface area contributed by atoms with Crippen LogP contribution in [0.25, 0.3) is 0 Å². The number of ether oxygens (including phenoxy) is 1. The maximum atomic E-state index is 10.5. The van der Waals surface area contributed by atoms with Crippen LogP contribution >= 0.6 is 15.9 Å². The van der Waals surface area contributed by atoms with Crippen LogP contribution in [0.15, 0.2) is 27.7 Å². The summed E-state index contributed by atoms with van der Waals surface area (Å²) in [5.41, 5.74) is 2.90. The van der Waals surface area contributed by atoms with Gasteiger partial charge < -0.3 is 0 Å². The molecule has 0 bridgehead atoms. The normalized spacial score (nSPS) is 12.2. The summed E-state index contributed by atoms with van der Waals surface area (Å²) in [6.07, 6.45) is 0. The molecule has 0 spiro atoms. The maximum absolute atomic E-state index is 10.5.